The normalized spacial score (nSPS) is 15.8. The van der Waals surface area contributed by atoms with Gasteiger partial charge in [0, 0.05) is 5.56 Å². The molecule has 0 saturated carbocycles. The highest BCUT2D eigenvalue weighted by molar-refractivity contribution is 6.12. The average molecular weight is 325 g/mol. The number of allylic oxidation sites excluding steroid dienone is 2. The molecule has 1 aliphatic rings. The highest BCUT2D eigenvalue weighted by atomic mass is 16.6. The minimum atomic E-state index is -0.430. The van der Waals surface area contributed by atoms with Gasteiger partial charge in [-0.3, -0.25) is 0 Å². The number of esters is 1. The summed E-state index contributed by atoms with van der Waals surface area (Å²) in [5.41, 5.74) is 2.15. The van der Waals surface area contributed by atoms with Gasteiger partial charge in [-0.15, -0.1) is 0 Å². The molecule has 0 bridgehead atoms. The number of nitrogens with zero attached hydrogens (tertiary/aromatic N) is 1. The molecule has 0 aromatic heterocycles. The predicted octanol–water partition coefficient (Wildman–Crippen LogP) is 4.74. The lowest BCUT2D eigenvalue weighted by Crippen LogP contribution is -2.05. The van der Waals surface area contributed by atoms with Crippen LogP contribution >= 0.6 is 0 Å². The fourth-order valence-electron chi connectivity index (χ4n) is 2.68. The Hall–Kier alpha value is -3.46. The largest absolute Gasteiger partial charge is 0.402 e. The van der Waals surface area contributed by atoms with Gasteiger partial charge in [-0.05, 0) is 34.5 Å². The lowest BCUT2D eigenvalue weighted by molar-refractivity contribution is -0.130. The van der Waals surface area contributed by atoms with Crippen LogP contribution in [0.5, 0.6) is 0 Å². The lowest BCUT2D eigenvalue weighted by atomic mass is 10.1. The molecule has 3 aromatic carbocycles. The van der Waals surface area contributed by atoms with Gasteiger partial charge in [0.25, 0.3) is 0 Å². The summed E-state index contributed by atoms with van der Waals surface area (Å²) in [6.07, 6.45) is 5.39. The van der Waals surface area contributed by atoms with Crippen molar-refractivity contribution in [3.8, 4) is 0 Å². The SMILES string of the molecule is O=C1OC(c2ccc3ccccc3c2)=N/C1=C\C=C\c1ccccc1. The Morgan fingerprint density at radius 2 is 1.60 bits per heavy atom. The molecule has 120 valence electrons. The summed E-state index contributed by atoms with van der Waals surface area (Å²) >= 11 is 0. The number of hydrogen-bond donors (Lipinski definition) is 0. The summed E-state index contributed by atoms with van der Waals surface area (Å²) < 4.78 is 5.32. The third-order valence-electron chi connectivity index (χ3n) is 3.96. The first-order valence-electron chi connectivity index (χ1n) is 8.03. The molecule has 1 heterocycles. The van der Waals surface area contributed by atoms with Crippen molar-refractivity contribution in [1.29, 1.82) is 0 Å². The standard InChI is InChI=1S/C22H15NO2/c24-22-20(12-6-9-16-7-2-1-3-8-16)23-21(25-22)19-14-13-17-10-4-5-11-18(17)15-19/h1-15H/b9-6+,20-12-. The summed E-state index contributed by atoms with van der Waals surface area (Å²) in [5, 5.41) is 2.22. The fraction of sp³-hybridized carbons (Fsp3) is 0. The van der Waals surface area contributed by atoms with E-state index in [1.54, 1.807) is 12.2 Å². The molecule has 3 heteroatoms. The Bertz CT molecular complexity index is 1030. The van der Waals surface area contributed by atoms with Gasteiger partial charge >= 0.3 is 5.97 Å². The molecule has 0 saturated heterocycles. The van der Waals surface area contributed by atoms with Gasteiger partial charge in [0.15, 0.2) is 5.70 Å². The van der Waals surface area contributed by atoms with E-state index in [9.17, 15) is 4.79 Å². The van der Waals surface area contributed by atoms with Crippen LogP contribution in [0.1, 0.15) is 11.1 Å². The number of rotatable bonds is 3. The smallest absolute Gasteiger partial charge is 0.363 e. The van der Waals surface area contributed by atoms with E-state index in [4.69, 9.17) is 4.74 Å². The predicted molar refractivity (Wildman–Crippen MR) is 100 cm³/mol. The van der Waals surface area contributed by atoms with Crippen LogP contribution in [0.2, 0.25) is 0 Å². The molecular weight excluding hydrogens is 310 g/mol. The first kappa shape index (κ1) is 15.1. The minimum Gasteiger partial charge on any atom is -0.402 e. The molecule has 4 rings (SSSR count). The average Bonchev–Trinajstić information content (AvgIpc) is 3.03. The number of benzene rings is 3. The van der Waals surface area contributed by atoms with Crippen LogP contribution in [-0.4, -0.2) is 11.9 Å². The second-order valence-electron chi connectivity index (χ2n) is 5.69. The highest BCUT2D eigenvalue weighted by Crippen LogP contribution is 2.21. The Morgan fingerprint density at radius 3 is 2.44 bits per heavy atom. The summed E-state index contributed by atoms with van der Waals surface area (Å²) in [7, 11) is 0. The molecule has 0 atom stereocenters. The zero-order valence-electron chi connectivity index (χ0n) is 13.4. The summed E-state index contributed by atoms with van der Waals surface area (Å²) in [5.74, 6) is -0.0871. The molecule has 0 aliphatic carbocycles. The van der Waals surface area contributed by atoms with Crippen LogP contribution in [0.25, 0.3) is 16.8 Å². The number of aliphatic imine (C=N–C) groups is 1. The van der Waals surface area contributed by atoms with Crippen molar-refractivity contribution in [3.05, 3.63) is 102 Å². The maximum absolute atomic E-state index is 12.0. The molecular formula is C22H15NO2. The summed E-state index contributed by atoms with van der Waals surface area (Å²) in [6.45, 7) is 0. The molecule has 0 spiro atoms. The van der Waals surface area contributed by atoms with Gasteiger partial charge in [0.2, 0.25) is 5.90 Å². The molecule has 0 N–H and O–H groups in total. The second kappa shape index (κ2) is 6.57. The maximum Gasteiger partial charge on any atom is 0.363 e. The van der Waals surface area contributed by atoms with Crippen molar-refractivity contribution in [2.75, 3.05) is 0 Å². The zero-order valence-corrected chi connectivity index (χ0v) is 13.4. The Morgan fingerprint density at radius 1 is 0.840 bits per heavy atom. The van der Waals surface area contributed by atoms with E-state index in [2.05, 4.69) is 4.99 Å². The van der Waals surface area contributed by atoms with Crippen LogP contribution in [0.4, 0.5) is 0 Å². The van der Waals surface area contributed by atoms with Crippen LogP contribution < -0.4 is 0 Å². The first-order valence-corrected chi connectivity index (χ1v) is 8.03. The molecule has 0 amide bonds. The molecule has 3 nitrogen and oxygen atoms in total. The molecule has 0 fully saturated rings. The fourth-order valence-corrected chi connectivity index (χ4v) is 2.68. The number of fused-ring (bicyclic) bond motifs is 1. The van der Waals surface area contributed by atoms with E-state index in [-0.39, 0.29) is 0 Å². The quantitative estimate of drug-likeness (QED) is 0.515. The van der Waals surface area contributed by atoms with Gasteiger partial charge < -0.3 is 4.74 Å². The van der Waals surface area contributed by atoms with E-state index in [1.165, 1.54) is 0 Å². The maximum atomic E-state index is 12.0. The van der Waals surface area contributed by atoms with Crippen LogP contribution in [0, 0.1) is 0 Å². The number of ether oxygens (including phenoxy) is 1. The highest BCUT2D eigenvalue weighted by Gasteiger charge is 2.23. The molecule has 0 unspecified atom stereocenters. The van der Waals surface area contributed by atoms with Gasteiger partial charge in [-0.1, -0.05) is 72.8 Å². The number of cyclic esters (lactones) is 1. The number of carbonyl (C=O) groups is 1. The number of carbonyl (C=O) groups excluding carboxylic acids is 1. The zero-order chi connectivity index (χ0) is 17.1. The van der Waals surface area contributed by atoms with Gasteiger partial charge in [-0.2, -0.15) is 0 Å². The number of hydrogen-bond acceptors (Lipinski definition) is 3. The monoisotopic (exact) mass is 325 g/mol. The minimum absolute atomic E-state index is 0.301. The Balaban J connectivity index is 1.60. The van der Waals surface area contributed by atoms with E-state index >= 15 is 0 Å². The van der Waals surface area contributed by atoms with Gasteiger partial charge in [0.05, 0.1) is 0 Å². The van der Waals surface area contributed by atoms with Crippen LogP contribution in [-0.2, 0) is 9.53 Å². The van der Waals surface area contributed by atoms with Gasteiger partial charge in [0.1, 0.15) is 0 Å². The van der Waals surface area contributed by atoms with Crippen molar-refractivity contribution in [3.63, 3.8) is 0 Å². The molecule has 1 aliphatic heterocycles. The van der Waals surface area contributed by atoms with Crippen molar-refractivity contribution in [2.24, 2.45) is 4.99 Å². The van der Waals surface area contributed by atoms with E-state index in [1.807, 2.05) is 78.9 Å². The molecule has 3 aromatic rings. The van der Waals surface area contributed by atoms with Crippen molar-refractivity contribution < 1.29 is 9.53 Å². The lowest BCUT2D eigenvalue weighted by Gasteiger charge is -2.02. The van der Waals surface area contributed by atoms with E-state index in [0.29, 0.717) is 11.6 Å². The summed E-state index contributed by atoms with van der Waals surface area (Å²) in [6, 6.07) is 23.8. The van der Waals surface area contributed by atoms with E-state index in [0.717, 1.165) is 21.9 Å². The van der Waals surface area contributed by atoms with Crippen molar-refractivity contribution in [2.45, 2.75) is 0 Å². The third-order valence-corrected chi connectivity index (χ3v) is 3.96. The third kappa shape index (κ3) is 3.26. The Kier molecular flexibility index (Phi) is 3.97. The van der Waals surface area contributed by atoms with Crippen molar-refractivity contribution >= 4 is 28.7 Å². The second-order valence-corrected chi connectivity index (χ2v) is 5.69. The first-order chi connectivity index (χ1) is 12.3. The topological polar surface area (TPSA) is 38.7 Å². The van der Waals surface area contributed by atoms with Crippen LogP contribution in [0.3, 0.4) is 0 Å². The van der Waals surface area contributed by atoms with E-state index < -0.39 is 5.97 Å². The summed E-state index contributed by atoms with van der Waals surface area (Å²) in [4.78, 5) is 16.4. The van der Waals surface area contributed by atoms with Crippen LogP contribution in [0.15, 0.2) is 95.6 Å². The van der Waals surface area contributed by atoms with Gasteiger partial charge in [-0.25, -0.2) is 9.79 Å². The molecule has 25 heavy (non-hydrogen) atoms. The molecule has 0 radical (unpaired) electrons. The van der Waals surface area contributed by atoms with Crippen molar-refractivity contribution in [1.82, 2.24) is 0 Å². The Labute approximate surface area is 145 Å².